The third-order valence-corrected chi connectivity index (χ3v) is 4.85. The van der Waals surface area contributed by atoms with E-state index in [1.54, 1.807) is 23.5 Å². The molecule has 1 aliphatic heterocycles. The van der Waals surface area contributed by atoms with Crippen LogP contribution in [0.1, 0.15) is 27.4 Å². The van der Waals surface area contributed by atoms with Gasteiger partial charge in [-0.15, -0.1) is 11.3 Å². The Hall–Kier alpha value is -1.90. The van der Waals surface area contributed by atoms with Gasteiger partial charge in [-0.1, -0.05) is 0 Å². The number of rotatable bonds is 1. The standard InChI is InChI=1S/C15H15N3OS/c1-9-5-11(19)6-10(2)18(9)15-13(7-16)12-3-4-17-8-14(12)20-15/h5-6,17H,3-4,8H2,1-2H3. The maximum atomic E-state index is 11.6. The molecule has 20 heavy (non-hydrogen) atoms. The second-order valence-electron chi connectivity index (χ2n) is 5.03. The molecule has 0 saturated carbocycles. The summed E-state index contributed by atoms with van der Waals surface area (Å²) in [4.78, 5) is 12.8. The van der Waals surface area contributed by atoms with Gasteiger partial charge in [0, 0.05) is 34.9 Å². The van der Waals surface area contributed by atoms with Gasteiger partial charge in [0.05, 0.1) is 5.56 Å². The van der Waals surface area contributed by atoms with E-state index >= 15 is 0 Å². The van der Waals surface area contributed by atoms with Crippen LogP contribution in [-0.2, 0) is 13.0 Å². The smallest absolute Gasteiger partial charge is 0.182 e. The minimum atomic E-state index is 0.0118. The van der Waals surface area contributed by atoms with Crippen molar-refractivity contribution in [3.05, 3.63) is 49.7 Å². The first kappa shape index (κ1) is 13.1. The lowest BCUT2D eigenvalue weighted by Gasteiger charge is -2.13. The lowest BCUT2D eigenvalue weighted by atomic mass is 10.0. The molecule has 2 aromatic heterocycles. The Morgan fingerprint density at radius 1 is 1.35 bits per heavy atom. The molecule has 0 bridgehead atoms. The second-order valence-corrected chi connectivity index (χ2v) is 6.12. The minimum absolute atomic E-state index is 0.0118. The van der Waals surface area contributed by atoms with Gasteiger partial charge >= 0.3 is 0 Å². The van der Waals surface area contributed by atoms with Crippen LogP contribution in [0.2, 0.25) is 0 Å². The van der Waals surface area contributed by atoms with E-state index < -0.39 is 0 Å². The van der Waals surface area contributed by atoms with E-state index in [4.69, 9.17) is 0 Å². The van der Waals surface area contributed by atoms with Crippen LogP contribution >= 0.6 is 11.3 Å². The maximum Gasteiger partial charge on any atom is 0.182 e. The van der Waals surface area contributed by atoms with Crippen molar-refractivity contribution in [1.29, 1.82) is 5.26 Å². The molecule has 0 atom stereocenters. The summed E-state index contributed by atoms with van der Waals surface area (Å²) >= 11 is 1.65. The molecule has 0 aromatic carbocycles. The second kappa shape index (κ2) is 4.89. The SMILES string of the molecule is Cc1cc(=O)cc(C)n1-c1sc2c(c1C#N)CCNC2. The number of nitriles is 1. The van der Waals surface area contributed by atoms with Gasteiger partial charge < -0.3 is 9.88 Å². The molecule has 0 spiro atoms. The van der Waals surface area contributed by atoms with Crippen LogP contribution in [0, 0.1) is 25.2 Å². The van der Waals surface area contributed by atoms with Crippen molar-refractivity contribution < 1.29 is 0 Å². The Morgan fingerprint density at radius 3 is 2.70 bits per heavy atom. The van der Waals surface area contributed by atoms with Crippen LogP contribution in [-0.4, -0.2) is 11.1 Å². The van der Waals surface area contributed by atoms with Crippen molar-refractivity contribution >= 4 is 11.3 Å². The normalized spacial score (nSPS) is 13.8. The monoisotopic (exact) mass is 285 g/mol. The number of hydrogen-bond donors (Lipinski definition) is 1. The average molecular weight is 285 g/mol. The fourth-order valence-electron chi connectivity index (χ4n) is 2.77. The van der Waals surface area contributed by atoms with Crippen LogP contribution < -0.4 is 10.7 Å². The zero-order chi connectivity index (χ0) is 14.3. The number of fused-ring (bicyclic) bond motifs is 1. The summed E-state index contributed by atoms with van der Waals surface area (Å²) in [6.07, 6.45) is 0.896. The summed E-state index contributed by atoms with van der Waals surface area (Å²) in [6.45, 7) is 5.56. The molecule has 1 aliphatic rings. The third-order valence-electron chi connectivity index (χ3n) is 3.63. The lowest BCUT2D eigenvalue weighted by Crippen LogP contribution is -2.22. The Labute approximate surface area is 121 Å². The molecule has 5 heteroatoms. The number of aryl methyl sites for hydroxylation is 2. The van der Waals surface area contributed by atoms with Crippen molar-refractivity contribution in [2.75, 3.05) is 6.54 Å². The highest BCUT2D eigenvalue weighted by Crippen LogP contribution is 2.34. The molecule has 0 aliphatic carbocycles. The van der Waals surface area contributed by atoms with E-state index in [0.29, 0.717) is 0 Å². The molecule has 3 heterocycles. The first-order valence-corrected chi connectivity index (χ1v) is 7.39. The highest BCUT2D eigenvalue weighted by atomic mass is 32.1. The summed E-state index contributed by atoms with van der Waals surface area (Å²) in [6, 6.07) is 5.59. The molecular formula is C15H15N3OS. The lowest BCUT2D eigenvalue weighted by molar-refractivity contribution is 0.653. The van der Waals surface area contributed by atoms with E-state index in [-0.39, 0.29) is 5.43 Å². The number of aromatic nitrogens is 1. The summed E-state index contributed by atoms with van der Waals surface area (Å²) < 4.78 is 2.02. The van der Waals surface area contributed by atoms with Gasteiger partial charge in [-0.05, 0) is 32.4 Å². The van der Waals surface area contributed by atoms with Crippen molar-refractivity contribution in [3.8, 4) is 11.1 Å². The molecule has 102 valence electrons. The molecule has 3 rings (SSSR count). The van der Waals surface area contributed by atoms with E-state index in [1.807, 2.05) is 18.4 Å². The number of thiophene rings is 1. The number of pyridine rings is 1. The van der Waals surface area contributed by atoms with E-state index in [0.717, 1.165) is 41.5 Å². The van der Waals surface area contributed by atoms with Crippen LogP contribution in [0.15, 0.2) is 16.9 Å². The Balaban J connectivity index is 2.29. The zero-order valence-electron chi connectivity index (χ0n) is 11.5. The average Bonchev–Trinajstić information content (AvgIpc) is 2.75. The molecule has 2 aromatic rings. The largest absolute Gasteiger partial charge is 0.312 e. The fourth-order valence-corrected chi connectivity index (χ4v) is 4.16. The van der Waals surface area contributed by atoms with Gasteiger partial charge in [0.25, 0.3) is 0 Å². The predicted octanol–water partition coefficient (Wildman–Crippen LogP) is 2.03. The predicted molar refractivity (Wildman–Crippen MR) is 79.5 cm³/mol. The van der Waals surface area contributed by atoms with Crippen molar-refractivity contribution in [2.24, 2.45) is 0 Å². The van der Waals surface area contributed by atoms with Crippen molar-refractivity contribution in [1.82, 2.24) is 9.88 Å². The highest BCUT2D eigenvalue weighted by Gasteiger charge is 2.22. The highest BCUT2D eigenvalue weighted by molar-refractivity contribution is 7.15. The summed E-state index contributed by atoms with van der Waals surface area (Å²) in [5.74, 6) is 0. The fraction of sp³-hybridized carbons (Fsp3) is 0.333. The van der Waals surface area contributed by atoms with Crippen LogP contribution in [0.25, 0.3) is 5.00 Å². The summed E-state index contributed by atoms with van der Waals surface area (Å²) in [5.41, 5.74) is 3.69. The van der Waals surface area contributed by atoms with Crippen molar-refractivity contribution in [2.45, 2.75) is 26.8 Å². The van der Waals surface area contributed by atoms with Crippen LogP contribution in [0.3, 0.4) is 0 Å². The van der Waals surface area contributed by atoms with Crippen LogP contribution in [0.4, 0.5) is 0 Å². The Bertz CT molecular complexity index is 753. The van der Waals surface area contributed by atoms with E-state index in [2.05, 4.69) is 11.4 Å². The van der Waals surface area contributed by atoms with Gasteiger partial charge in [0.15, 0.2) is 5.43 Å². The first-order chi connectivity index (χ1) is 9.61. The quantitative estimate of drug-likeness (QED) is 0.872. The van der Waals surface area contributed by atoms with E-state index in [9.17, 15) is 10.1 Å². The van der Waals surface area contributed by atoms with Gasteiger partial charge in [-0.2, -0.15) is 5.26 Å². The van der Waals surface area contributed by atoms with Gasteiger partial charge in [0.2, 0.25) is 0 Å². The molecule has 0 unspecified atom stereocenters. The first-order valence-electron chi connectivity index (χ1n) is 6.58. The zero-order valence-corrected chi connectivity index (χ0v) is 12.3. The maximum absolute atomic E-state index is 11.6. The molecule has 0 radical (unpaired) electrons. The molecule has 1 N–H and O–H groups in total. The van der Waals surface area contributed by atoms with Gasteiger partial charge in [-0.3, -0.25) is 4.79 Å². The number of hydrogen-bond acceptors (Lipinski definition) is 4. The third kappa shape index (κ3) is 1.98. The van der Waals surface area contributed by atoms with E-state index in [1.165, 1.54) is 10.4 Å². The van der Waals surface area contributed by atoms with Gasteiger partial charge in [0.1, 0.15) is 11.1 Å². The van der Waals surface area contributed by atoms with Gasteiger partial charge in [-0.25, -0.2) is 0 Å². The number of nitrogens with zero attached hydrogens (tertiary/aromatic N) is 2. The molecule has 0 saturated heterocycles. The minimum Gasteiger partial charge on any atom is -0.312 e. The topological polar surface area (TPSA) is 57.8 Å². The van der Waals surface area contributed by atoms with Crippen molar-refractivity contribution in [3.63, 3.8) is 0 Å². The van der Waals surface area contributed by atoms with Crippen LogP contribution in [0.5, 0.6) is 0 Å². The summed E-state index contributed by atoms with van der Waals surface area (Å²) in [5, 5.41) is 13.8. The Morgan fingerprint density at radius 2 is 2.05 bits per heavy atom. The molecule has 0 amide bonds. The Kier molecular flexibility index (Phi) is 3.20. The molecule has 0 fully saturated rings. The molecule has 4 nitrogen and oxygen atoms in total. The summed E-state index contributed by atoms with van der Waals surface area (Å²) in [7, 11) is 0. The number of nitrogens with one attached hydrogen (secondary N) is 1. The molecular weight excluding hydrogens is 270 g/mol.